The number of carbonyl (C=O) groups is 2. The van der Waals surface area contributed by atoms with Gasteiger partial charge in [0.15, 0.2) is 0 Å². The van der Waals surface area contributed by atoms with Crippen LogP contribution in [0.2, 0.25) is 0 Å². The Morgan fingerprint density at radius 1 is 1.17 bits per heavy atom. The Kier molecular flexibility index (Phi) is 6.53. The lowest BCUT2D eigenvalue weighted by Gasteiger charge is -2.11. The molecule has 0 aliphatic heterocycles. The van der Waals surface area contributed by atoms with E-state index < -0.39 is 11.8 Å². The Bertz CT molecular complexity index is 1140. The van der Waals surface area contributed by atoms with Gasteiger partial charge in [-0.05, 0) is 25.1 Å². The topological polar surface area (TPSA) is 78.3 Å². The Morgan fingerprint density at radius 3 is 2.59 bits per heavy atom. The molecule has 0 amide bonds. The number of rotatable bonds is 7. The molecule has 2 aromatic carbocycles. The Labute approximate surface area is 174 Å². The van der Waals surface area contributed by atoms with Gasteiger partial charge in [0.1, 0.15) is 18.0 Å². The molecule has 3 aromatic rings. The number of ether oxygens (including phenoxy) is 1. The highest BCUT2D eigenvalue weighted by Crippen LogP contribution is 2.18. The van der Waals surface area contributed by atoms with E-state index in [-0.39, 0.29) is 37.3 Å². The van der Waals surface area contributed by atoms with Gasteiger partial charge in [0.05, 0.1) is 30.7 Å². The van der Waals surface area contributed by atoms with E-state index in [4.69, 9.17) is 4.74 Å². The van der Waals surface area contributed by atoms with E-state index in [1.807, 2.05) is 0 Å². The van der Waals surface area contributed by atoms with E-state index in [9.17, 15) is 18.8 Å². The highest BCUT2D eigenvalue weighted by Gasteiger charge is 2.17. The van der Waals surface area contributed by atoms with Crippen LogP contribution in [-0.4, -0.2) is 28.1 Å². The number of Topliss-reactive ketones (excluding diaryl/α,β-unsaturated/α-hetero) is 1. The van der Waals surface area contributed by atoms with Crippen molar-refractivity contribution >= 4 is 38.5 Å². The van der Waals surface area contributed by atoms with Crippen LogP contribution in [0, 0.1) is 5.82 Å². The predicted molar refractivity (Wildman–Crippen MR) is 109 cm³/mol. The van der Waals surface area contributed by atoms with Crippen LogP contribution >= 0.6 is 15.9 Å². The number of hydrogen-bond acceptors (Lipinski definition) is 5. The molecule has 1 heterocycles. The molecule has 0 aliphatic rings. The summed E-state index contributed by atoms with van der Waals surface area (Å²) in [7, 11) is 0. The molecule has 0 radical (unpaired) electrons. The van der Waals surface area contributed by atoms with Crippen LogP contribution in [0.5, 0.6) is 0 Å². The minimum Gasteiger partial charge on any atom is -0.466 e. The zero-order chi connectivity index (χ0) is 21.0. The van der Waals surface area contributed by atoms with Crippen LogP contribution in [0.15, 0.2) is 51.7 Å². The van der Waals surface area contributed by atoms with Crippen molar-refractivity contribution in [1.82, 2.24) is 9.78 Å². The predicted octanol–water partition coefficient (Wildman–Crippen LogP) is 3.41. The van der Waals surface area contributed by atoms with Gasteiger partial charge in [-0.2, -0.15) is 5.10 Å². The van der Waals surface area contributed by atoms with Gasteiger partial charge in [-0.3, -0.25) is 14.4 Å². The summed E-state index contributed by atoms with van der Waals surface area (Å²) in [6.45, 7) is 1.77. The number of ketones is 1. The van der Waals surface area contributed by atoms with Crippen molar-refractivity contribution in [3.8, 4) is 0 Å². The number of aromatic nitrogens is 2. The lowest BCUT2D eigenvalue weighted by Crippen LogP contribution is -2.26. The fraction of sp³-hybridized carbons (Fsp3) is 0.238. The molecule has 1 aromatic heterocycles. The summed E-state index contributed by atoms with van der Waals surface area (Å²) < 4.78 is 20.8. The second kappa shape index (κ2) is 9.09. The fourth-order valence-electron chi connectivity index (χ4n) is 2.98. The largest absolute Gasteiger partial charge is 0.466 e. The summed E-state index contributed by atoms with van der Waals surface area (Å²) in [5.74, 6) is -1.45. The molecule has 0 unspecified atom stereocenters. The standard InChI is InChI=1S/C21H18BrFN2O4/c1-2-29-20(27)11-15(26)10-19-16-5-3-4-6-17(16)21(28)25(24-19)12-13-7-8-14(22)9-18(13)23/h3-9H,2,10-12H2,1H3. The second-order valence-corrected chi connectivity index (χ2v) is 7.30. The van der Waals surface area contributed by atoms with Gasteiger partial charge in [-0.15, -0.1) is 0 Å². The summed E-state index contributed by atoms with van der Waals surface area (Å²) in [6.07, 6.45) is -0.507. The summed E-state index contributed by atoms with van der Waals surface area (Å²) in [5.41, 5.74) is 0.262. The third-order valence-electron chi connectivity index (χ3n) is 4.29. The average molecular weight is 461 g/mol. The minimum atomic E-state index is -0.605. The quantitative estimate of drug-likeness (QED) is 0.398. The van der Waals surface area contributed by atoms with Crippen LogP contribution < -0.4 is 5.56 Å². The van der Waals surface area contributed by atoms with Crippen molar-refractivity contribution in [2.75, 3.05) is 6.61 Å². The molecule has 29 heavy (non-hydrogen) atoms. The van der Waals surface area contributed by atoms with Crippen LogP contribution in [0.25, 0.3) is 10.8 Å². The monoisotopic (exact) mass is 460 g/mol. The van der Waals surface area contributed by atoms with E-state index in [1.165, 1.54) is 6.07 Å². The first-order valence-electron chi connectivity index (χ1n) is 8.99. The molecule has 0 N–H and O–H groups in total. The van der Waals surface area contributed by atoms with Crippen LogP contribution in [0.3, 0.4) is 0 Å². The molecule has 0 bridgehead atoms. The molecule has 0 aliphatic carbocycles. The first-order valence-corrected chi connectivity index (χ1v) is 9.78. The molecule has 8 heteroatoms. The maximum Gasteiger partial charge on any atom is 0.313 e. The van der Waals surface area contributed by atoms with E-state index in [0.29, 0.717) is 26.5 Å². The number of nitrogens with zero attached hydrogens (tertiary/aromatic N) is 2. The average Bonchev–Trinajstić information content (AvgIpc) is 2.67. The SMILES string of the molecule is CCOC(=O)CC(=O)Cc1nn(Cc2ccc(Br)cc2F)c(=O)c2ccccc12. The van der Waals surface area contributed by atoms with Crippen molar-refractivity contribution in [2.24, 2.45) is 0 Å². The number of halogens is 2. The normalized spacial score (nSPS) is 10.9. The number of benzene rings is 2. The summed E-state index contributed by atoms with van der Waals surface area (Å²) in [4.78, 5) is 36.7. The number of carbonyl (C=O) groups excluding carboxylic acids is 2. The van der Waals surface area contributed by atoms with E-state index in [0.717, 1.165) is 4.68 Å². The van der Waals surface area contributed by atoms with Gasteiger partial charge in [0, 0.05) is 15.4 Å². The zero-order valence-electron chi connectivity index (χ0n) is 15.7. The smallest absolute Gasteiger partial charge is 0.313 e. The van der Waals surface area contributed by atoms with Crippen molar-refractivity contribution in [1.29, 1.82) is 0 Å². The highest BCUT2D eigenvalue weighted by molar-refractivity contribution is 9.10. The third kappa shape index (κ3) is 4.95. The van der Waals surface area contributed by atoms with Crippen LogP contribution in [0.1, 0.15) is 24.6 Å². The van der Waals surface area contributed by atoms with Crippen molar-refractivity contribution < 1.29 is 18.7 Å². The second-order valence-electron chi connectivity index (χ2n) is 6.39. The van der Waals surface area contributed by atoms with Gasteiger partial charge < -0.3 is 4.74 Å². The first kappa shape index (κ1) is 20.9. The van der Waals surface area contributed by atoms with Gasteiger partial charge in [-0.25, -0.2) is 9.07 Å². The Balaban J connectivity index is 1.99. The van der Waals surface area contributed by atoms with E-state index in [1.54, 1.807) is 43.3 Å². The zero-order valence-corrected chi connectivity index (χ0v) is 17.2. The van der Waals surface area contributed by atoms with Crippen LogP contribution in [0.4, 0.5) is 4.39 Å². The maximum atomic E-state index is 14.2. The third-order valence-corrected chi connectivity index (χ3v) is 4.78. The minimum absolute atomic E-state index is 0.0815. The molecule has 0 atom stereocenters. The van der Waals surface area contributed by atoms with Gasteiger partial charge in [0.2, 0.25) is 0 Å². The molecule has 6 nitrogen and oxygen atoms in total. The summed E-state index contributed by atoms with van der Waals surface area (Å²) in [5, 5.41) is 5.21. The number of esters is 1. The Hall–Kier alpha value is -2.87. The van der Waals surface area contributed by atoms with Crippen LogP contribution in [-0.2, 0) is 27.3 Å². The van der Waals surface area contributed by atoms with Gasteiger partial charge in [0.25, 0.3) is 5.56 Å². The molecule has 3 rings (SSSR count). The summed E-state index contributed by atoms with van der Waals surface area (Å²) in [6, 6.07) is 11.3. The highest BCUT2D eigenvalue weighted by atomic mass is 79.9. The van der Waals surface area contributed by atoms with Crippen molar-refractivity contribution in [2.45, 2.75) is 26.3 Å². The molecule has 0 fully saturated rings. The molecular formula is C21H18BrFN2O4. The number of fused-ring (bicyclic) bond motifs is 1. The Morgan fingerprint density at radius 2 is 1.90 bits per heavy atom. The molecular weight excluding hydrogens is 443 g/mol. The fourth-order valence-corrected chi connectivity index (χ4v) is 3.31. The lowest BCUT2D eigenvalue weighted by molar-refractivity contribution is -0.145. The number of hydrogen-bond donors (Lipinski definition) is 0. The van der Waals surface area contributed by atoms with E-state index in [2.05, 4.69) is 21.0 Å². The van der Waals surface area contributed by atoms with Gasteiger partial charge >= 0.3 is 5.97 Å². The maximum absolute atomic E-state index is 14.2. The molecule has 150 valence electrons. The summed E-state index contributed by atoms with van der Waals surface area (Å²) >= 11 is 3.20. The first-order chi connectivity index (χ1) is 13.9. The molecule has 0 spiro atoms. The van der Waals surface area contributed by atoms with Crippen molar-refractivity contribution in [3.05, 3.63) is 74.4 Å². The van der Waals surface area contributed by atoms with Crippen molar-refractivity contribution in [3.63, 3.8) is 0 Å². The lowest BCUT2D eigenvalue weighted by atomic mass is 10.1. The molecule has 0 saturated carbocycles. The molecule has 0 saturated heterocycles. The van der Waals surface area contributed by atoms with E-state index >= 15 is 0 Å². The van der Waals surface area contributed by atoms with Gasteiger partial charge in [-0.1, -0.05) is 40.2 Å².